The van der Waals surface area contributed by atoms with Crippen molar-refractivity contribution in [2.45, 2.75) is 24.5 Å². The third kappa shape index (κ3) is 2.98. The van der Waals surface area contributed by atoms with Gasteiger partial charge in [-0.2, -0.15) is 0 Å². The van der Waals surface area contributed by atoms with Crippen molar-refractivity contribution < 1.29 is 4.39 Å². The normalized spacial score (nSPS) is 10.8. The van der Waals surface area contributed by atoms with Crippen LogP contribution < -0.4 is 5.73 Å². The summed E-state index contributed by atoms with van der Waals surface area (Å²) in [6.07, 6.45) is 0. The Bertz CT molecular complexity index is 518. The molecule has 0 atom stereocenters. The van der Waals surface area contributed by atoms with Crippen LogP contribution in [0.1, 0.15) is 15.6 Å². The summed E-state index contributed by atoms with van der Waals surface area (Å²) in [5.74, 6) is 0.407. The second-order valence-corrected chi connectivity index (χ2v) is 6.06. The van der Waals surface area contributed by atoms with Crippen molar-refractivity contribution in [2.24, 2.45) is 0 Å². The van der Waals surface area contributed by atoms with E-state index in [0.717, 1.165) is 21.3 Å². The molecule has 1 heterocycles. The Morgan fingerprint density at radius 1 is 1.41 bits per heavy atom. The third-order valence-electron chi connectivity index (χ3n) is 2.41. The summed E-state index contributed by atoms with van der Waals surface area (Å²) in [5, 5.41) is 1.07. The summed E-state index contributed by atoms with van der Waals surface area (Å²) in [5.41, 5.74) is 6.69. The molecule has 0 saturated heterocycles. The quantitative estimate of drug-likeness (QED) is 0.680. The van der Waals surface area contributed by atoms with Gasteiger partial charge in [-0.25, -0.2) is 9.37 Å². The molecule has 0 unspecified atom stereocenters. The van der Waals surface area contributed by atoms with Crippen molar-refractivity contribution in [3.63, 3.8) is 0 Å². The fraction of sp³-hybridized carbons (Fsp3) is 0.250. The average Bonchev–Trinajstić information content (AvgIpc) is 2.60. The molecule has 2 aromatic rings. The van der Waals surface area contributed by atoms with Gasteiger partial charge in [-0.15, -0.1) is 23.1 Å². The minimum absolute atomic E-state index is 0.190. The van der Waals surface area contributed by atoms with Crippen molar-refractivity contribution in [1.82, 2.24) is 4.98 Å². The molecule has 0 saturated carbocycles. The SMILES string of the molecule is Cc1nc(CSc2ccc(N)c(F)c2)sc1C. The first kappa shape index (κ1) is 12.4. The predicted octanol–water partition coefficient (Wildman–Crippen LogP) is 3.77. The first-order chi connectivity index (χ1) is 8.06. The van der Waals surface area contributed by atoms with Gasteiger partial charge in [0, 0.05) is 9.77 Å². The smallest absolute Gasteiger partial charge is 0.147 e. The van der Waals surface area contributed by atoms with Gasteiger partial charge in [-0.05, 0) is 32.0 Å². The zero-order chi connectivity index (χ0) is 12.4. The van der Waals surface area contributed by atoms with E-state index in [1.807, 2.05) is 13.0 Å². The van der Waals surface area contributed by atoms with E-state index in [4.69, 9.17) is 5.73 Å². The molecule has 0 spiro atoms. The Labute approximate surface area is 108 Å². The van der Waals surface area contributed by atoms with Crippen LogP contribution in [0.4, 0.5) is 10.1 Å². The fourth-order valence-corrected chi connectivity index (χ4v) is 3.19. The highest BCUT2D eigenvalue weighted by Crippen LogP contribution is 2.27. The lowest BCUT2D eigenvalue weighted by Crippen LogP contribution is -1.89. The summed E-state index contributed by atoms with van der Waals surface area (Å²) < 4.78 is 13.2. The summed E-state index contributed by atoms with van der Waals surface area (Å²) >= 11 is 3.26. The molecular formula is C12H13FN2S2. The number of nitrogen functional groups attached to an aromatic ring is 1. The molecule has 0 aliphatic rings. The highest BCUT2D eigenvalue weighted by atomic mass is 32.2. The Kier molecular flexibility index (Phi) is 3.69. The number of nitrogens with two attached hydrogens (primary N) is 1. The average molecular weight is 268 g/mol. The minimum Gasteiger partial charge on any atom is -0.396 e. The highest BCUT2D eigenvalue weighted by molar-refractivity contribution is 7.98. The topological polar surface area (TPSA) is 38.9 Å². The largest absolute Gasteiger partial charge is 0.396 e. The molecule has 0 fully saturated rings. The monoisotopic (exact) mass is 268 g/mol. The van der Waals surface area contributed by atoms with E-state index in [9.17, 15) is 4.39 Å². The van der Waals surface area contributed by atoms with Gasteiger partial charge in [0.2, 0.25) is 0 Å². The highest BCUT2D eigenvalue weighted by Gasteiger charge is 2.05. The van der Waals surface area contributed by atoms with Gasteiger partial charge in [0.25, 0.3) is 0 Å². The molecule has 1 aromatic heterocycles. The number of nitrogens with zero attached hydrogens (tertiary/aromatic N) is 1. The molecule has 90 valence electrons. The molecule has 2 rings (SSSR count). The van der Waals surface area contributed by atoms with Crippen LogP contribution in [-0.2, 0) is 5.75 Å². The van der Waals surface area contributed by atoms with Crippen molar-refractivity contribution in [3.8, 4) is 0 Å². The lowest BCUT2D eigenvalue weighted by atomic mass is 10.3. The van der Waals surface area contributed by atoms with Crippen LogP contribution in [0.3, 0.4) is 0 Å². The van der Waals surface area contributed by atoms with E-state index in [2.05, 4.69) is 11.9 Å². The van der Waals surface area contributed by atoms with Crippen molar-refractivity contribution in [3.05, 3.63) is 39.6 Å². The van der Waals surface area contributed by atoms with Crippen LogP contribution in [-0.4, -0.2) is 4.98 Å². The van der Waals surface area contributed by atoms with E-state index >= 15 is 0 Å². The number of rotatable bonds is 3. The maximum absolute atomic E-state index is 13.2. The van der Waals surface area contributed by atoms with Crippen molar-refractivity contribution >= 4 is 28.8 Å². The van der Waals surface area contributed by atoms with Gasteiger partial charge >= 0.3 is 0 Å². The first-order valence-electron chi connectivity index (χ1n) is 5.17. The zero-order valence-electron chi connectivity index (χ0n) is 9.66. The Balaban J connectivity index is 2.04. The summed E-state index contributed by atoms with van der Waals surface area (Å²) in [6, 6.07) is 4.89. The molecule has 0 bridgehead atoms. The van der Waals surface area contributed by atoms with E-state index in [1.54, 1.807) is 29.2 Å². The fourth-order valence-electron chi connectivity index (χ4n) is 1.34. The number of halogens is 1. The van der Waals surface area contributed by atoms with E-state index in [0.29, 0.717) is 0 Å². The Morgan fingerprint density at radius 3 is 2.76 bits per heavy atom. The standard InChI is InChI=1S/C12H13FN2S2/c1-7-8(2)17-12(15-7)6-16-9-3-4-11(14)10(13)5-9/h3-5H,6,14H2,1-2H3. The van der Waals surface area contributed by atoms with Gasteiger partial charge in [-0.1, -0.05) is 0 Å². The molecule has 5 heteroatoms. The first-order valence-corrected chi connectivity index (χ1v) is 6.97. The summed E-state index contributed by atoms with van der Waals surface area (Å²) in [7, 11) is 0. The van der Waals surface area contributed by atoms with Crippen molar-refractivity contribution in [2.75, 3.05) is 5.73 Å². The van der Waals surface area contributed by atoms with Gasteiger partial charge in [0.1, 0.15) is 10.8 Å². The number of thiazole rings is 1. The minimum atomic E-state index is -0.360. The molecule has 0 aliphatic carbocycles. The number of thioether (sulfide) groups is 1. The van der Waals surface area contributed by atoms with Crippen LogP contribution in [0, 0.1) is 19.7 Å². The van der Waals surface area contributed by atoms with Crippen LogP contribution >= 0.6 is 23.1 Å². The third-order valence-corrected chi connectivity index (χ3v) is 4.67. The number of aryl methyl sites for hydroxylation is 2. The van der Waals surface area contributed by atoms with Crippen LogP contribution in [0.25, 0.3) is 0 Å². The van der Waals surface area contributed by atoms with Gasteiger partial charge in [-0.3, -0.25) is 0 Å². The maximum Gasteiger partial charge on any atom is 0.147 e. The number of hydrogen-bond donors (Lipinski definition) is 1. The van der Waals surface area contributed by atoms with E-state index in [1.165, 1.54) is 10.9 Å². The molecule has 0 aliphatic heterocycles. The summed E-state index contributed by atoms with van der Waals surface area (Å²) in [4.78, 5) is 6.56. The second-order valence-electron chi connectivity index (χ2n) is 3.72. The number of hydrogen-bond acceptors (Lipinski definition) is 4. The van der Waals surface area contributed by atoms with Crippen molar-refractivity contribution in [1.29, 1.82) is 0 Å². The van der Waals surface area contributed by atoms with Gasteiger partial charge < -0.3 is 5.73 Å². The second kappa shape index (κ2) is 5.06. The van der Waals surface area contributed by atoms with E-state index in [-0.39, 0.29) is 11.5 Å². The molecule has 2 N–H and O–H groups in total. The molecule has 1 aromatic carbocycles. The lowest BCUT2D eigenvalue weighted by molar-refractivity contribution is 0.629. The Morgan fingerprint density at radius 2 is 2.18 bits per heavy atom. The van der Waals surface area contributed by atoms with Gasteiger partial charge in [0.05, 0.1) is 17.1 Å². The summed E-state index contributed by atoms with van der Waals surface area (Å²) in [6.45, 7) is 4.06. The van der Waals surface area contributed by atoms with Crippen LogP contribution in [0.5, 0.6) is 0 Å². The lowest BCUT2D eigenvalue weighted by Gasteiger charge is -2.01. The number of anilines is 1. The predicted molar refractivity (Wildman–Crippen MR) is 72.0 cm³/mol. The zero-order valence-corrected chi connectivity index (χ0v) is 11.3. The molecule has 2 nitrogen and oxygen atoms in total. The molecule has 0 radical (unpaired) electrons. The molecule has 17 heavy (non-hydrogen) atoms. The van der Waals surface area contributed by atoms with E-state index < -0.39 is 0 Å². The maximum atomic E-state index is 13.2. The van der Waals surface area contributed by atoms with Crippen LogP contribution in [0.15, 0.2) is 23.1 Å². The molecule has 0 amide bonds. The number of aromatic nitrogens is 1. The molecular weight excluding hydrogens is 255 g/mol. The number of benzene rings is 1. The van der Waals surface area contributed by atoms with Gasteiger partial charge in [0.15, 0.2) is 0 Å². The Hall–Kier alpha value is -1.07. The van der Waals surface area contributed by atoms with Crippen LogP contribution in [0.2, 0.25) is 0 Å².